The van der Waals surface area contributed by atoms with Gasteiger partial charge < -0.3 is 20.7 Å². The zero-order chi connectivity index (χ0) is 17.4. The normalized spacial score (nSPS) is 15.3. The Labute approximate surface area is 161 Å². The number of imidazole rings is 1. The van der Waals surface area contributed by atoms with Crippen LogP contribution in [0.1, 0.15) is 18.3 Å². The standard InChI is InChI=1S/C16H18F2N4O2.2ClH/c1-8(23)14(19)16(24)22-5-4-12-13(7-22)21-15(20-12)10-3-2-9(17)6-11(10)18;;/h2-3,6,8,14,23H,4-5,7,19H2,1H3,(H,20,21);2*1H/t8-,14+;;/m1../s1. The van der Waals surface area contributed by atoms with Crippen LogP contribution in [-0.2, 0) is 17.8 Å². The van der Waals surface area contributed by atoms with Gasteiger partial charge in [-0.05, 0) is 19.1 Å². The number of carbonyl (C=O) groups is 1. The maximum absolute atomic E-state index is 13.9. The van der Waals surface area contributed by atoms with Crippen molar-refractivity contribution in [2.45, 2.75) is 32.0 Å². The third-order valence-corrected chi connectivity index (χ3v) is 4.13. The number of amides is 1. The molecule has 0 unspecified atom stereocenters. The van der Waals surface area contributed by atoms with E-state index in [4.69, 9.17) is 5.73 Å². The van der Waals surface area contributed by atoms with E-state index in [0.29, 0.717) is 24.5 Å². The van der Waals surface area contributed by atoms with Gasteiger partial charge in [0.25, 0.3) is 0 Å². The third-order valence-electron chi connectivity index (χ3n) is 4.13. The van der Waals surface area contributed by atoms with E-state index in [2.05, 4.69) is 9.97 Å². The molecule has 1 aromatic carbocycles. The molecule has 144 valence electrons. The summed E-state index contributed by atoms with van der Waals surface area (Å²) in [5.41, 5.74) is 7.29. The number of aromatic amines is 1. The average molecular weight is 409 g/mol. The van der Waals surface area contributed by atoms with Crippen LogP contribution in [0.4, 0.5) is 8.78 Å². The van der Waals surface area contributed by atoms with E-state index < -0.39 is 23.8 Å². The second-order valence-electron chi connectivity index (χ2n) is 5.91. The van der Waals surface area contributed by atoms with Crippen molar-refractivity contribution < 1.29 is 18.7 Å². The Balaban J connectivity index is 0.00000169. The smallest absolute Gasteiger partial charge is 0.242 e. The summed E-state index contributed by atoms with van der Waals surface area (Å²) in [5, 5.41) is 9.46. The number of nitrogens with one attached hydrogen (secondary N) is 1. The lowest BCUT2D eigenvalue weighted by Gasteiger charge is -2.29. The molecule has 1 aliphatic rings. The molecule has 0 spiro atoms. The highest BCUT2D eigenvalue weighted by Gasteiger charge is 2.29. The summed E-state index contributed by atoms with van der Waals surface area (Å²) in [7, 11) is 0. The topological polar surface area (TPSA) is 95.2 Å². The van der Waals surface area contributed by atoms with Gasteiger partial charge >= 0.3 is 0 Å². The molecule has 0 saturated heterocycles. The van der Waals surface area contributed by atoms with E-state index in [1.807, 2.05) is 0 Å². The van der Waals surface area contributed by atoms with Crippen LogP contribution < -0.4 is 5.73 Å². The fourth-order valence-corrected chi connectivity index (χ4v) is 2.71. The highest BCUT2D eigenvalue weighted by atomic mass is 35.5. The molecule has 1 aromatic heterocycles. The predicted molar refractivity (Wildman–Crippen MR) is 97.2 cm³/mol. The van der Waals surface area contributed by atoms with Gasteiger partial charge in [-0.3, -0.25) is 4.79 Å². The second kappa shape index (κ2) is 8.77. The molecule has 1 aliphatic heterocycles. The van der Waals surface area contributed by atoms with Crippen molar-refractivity contribution in [2.75, 3.05) is 6.54 Å². The SMILES string of the molecule is C[C@@H](O)[C@H](N)C(=O)N1CCc2nc(-c3ccc(F)cc3F)[nH]c2C1.Cl.Cl. The first-order chi connectivity index (χ1) is 11.4. The van der Waals surface area contributed by atoms with Crippen molar-refractivity contribution in [1.29, 1.82) is 0 Å². The molecular weight excluding hydrogens is 389 g/mol. The van der Waals surface area contributed by atoms with Gasteiger partial charge in [-0.25, -0.2) is 13.8 Å². The van der Waals surface area contributed by atoms with E-state index in [9.17, 15) is 18.7 Å². The van der Waals surface area contributed by atoms with Gasteiger partial charge in [0, 0.05) is 19.0 Å². The summed E-state index contributed by atoms with van der Waals surface area (Å²) in [6, 6.07) is 2.30. The predicted octanol–water partition coefficient (Wildman–Crippen LogP) is 1.79. The number of nitrogens with zero attached hydrogens (tertiary/aromatic N) is 2. The lowest BCUT2D eigenvalue weighted by molar-refractivity contribution is -0.135. The zero-order valence-electron chi connectivity index (χ0n) is 13.9. The fraction of sp³-hybridized carbons (Fsp3) is 0.375. The van der Waals surface area contributed by atoms with Gasteiger partial charge in [-0.1, -0.05) is 0 Å². The van der Waals surface area contributed by atoms with Crippen LogP contribution in [-0.4, -0.2) is 44.6 Å². The number of aliphatic hydroxyl groups is 1. The Morgan fingerprint density at radius 1 is 1.38 bits per heavy atom. The van der Waals surface area contributed by atoms with Gasteiger partial charge in [0.2, 0.25) is 5.91 Å². The number of aliphatic hydroxyl groups excluding tert-OH is 1. The van der Waals surface area contributed by atoms with Crippen LogP contribution in [0.5, 0.6) is 0 Å². The minimum atomic E-state index is -0.983. The Kier molecular flexibility index (Phi) is 7.52. The van der Waals surface area contributed by atoms with E-state index in [-0.39, 0.29) is 42.8 Å². The van der Waals surface area contributed by atoms with E-state index in [0.717, 1.165) is 17.8 Å². The third kappa shape index (κ3) is 4.32. The molecule has 4 N–H and O–H groups in total. The minimum absolute atomic E-state index is 0. The van der Waals surface area contributed by atoms with Crippen molar-refractivity contribution in [3.8, 4) is 11.4 Å². The van der Waals surface area contributed by atoms with E-state index >= 15 is 0 Å². The van der Waals surface area contributed by atoms with Crippen LogP contribution in [0.3, 0.4) is 0 Å². The number of halogens is 4. The Morgan fingerprint density at radius 3 is 2.69 bits per heavy atom. The number of hydrogen-bond donors (Lipinski definition) is 3. The average Bonchev–Trinajstić information content (AvgIpc) is 2.95. The number of hydrogen-bond acceptors (Lipinski definition) is 4. The maximum Gasteiger partial charge on any atom is 0.242 e. The quantitative estimate of drug-likeness (QED) is 0.721. The summed E-state index contributed by atoms with van der Waals surface area (Å²) >= 11 is 0. The van der Waals surface area contributed by atoms with Crippen molar-refractivity contribution >= 4 is 30.7 Å². The van der Waals surface area contributed by atoms with Crippen LogP contribution >= 0.6 is 24.8 Å². The first-order valence-electron chi connectivity index (χ1n) is 7.62. The molecule has 2 aromatic rings. The van der Waals surface area contributed by atoms with E-state index in [1.54, 1.807) is 0 Å². The van der Waals surface area contributed by atoms with Crippen LogP contribution in [0.2, 0.25) is 0 Å². The first kappa shape index (κ1) is 22.3. The van der Waals surface area contributed by atoms with Crippen molar-refractivity contribution in [2.24, 2.45) is 5.73 Å². The molecule has 10 heteroatoms. The molecule has 0 fully saturated rings. The number of nitrogens with two attached hydrogens (primary N) is 1. The van der Waals surface area contributed by atoms with Crippen LogP contribution in [0.25, 0.3) is 11.4 Å². The molecule has 0 radical (unpaired) electrons. The summed E-state index contributed by atoms with van der Waals surface area (Å²) in [4.78, 5) is 21.1. The zero-order valence-corrected chi connectivity index (χ0v) is 15.5. The van der Waals surface area contributed by atoms with Gasteiger partial charge in [-0.15, -0.1) is 24.8 Å². The van der Waals surface area contributed by atoms with Crippen LogP contribution in [0.15, 0.2) is 18.2 Å². The molecule has 2 atom stereocenters. The summed E-state index contributed by atoms with van der Waals surface area (Å²) in [6.45, 7) is 2.14. The van der Waals surface area contributed by atoms with Crippen molar-refractivity contribution in [3.63, 3.8) is 0 Å². The summed E-state index contributed by atoms with van der Waals surface area (Å²) in [5.74, 6) is -1.41. The molecule has 26 heavy (non-hydrogen) atoms. The van der Waals surface area contributed by atoms with Crippen LogP contribution in [0, 0.1) is 11.6 Å². The van der Waals surface area contributed by atoms with Gasteiger partial charge in [0.05, 0.1) is 29.6 Å². The molecule has 0 saturated carbocycles. The summed E-state index contributed by atoms with van der Waals surface area (Å²) < 4.78 is 26.9. The Hall–Kier alpha value is -1.74. The second-order valence-corrected chi connectivity index (χ2v) is 5.91. The Morgan fingerprint density at radius 2 is 2.08 bits per heavy atom. The molecular formula is C16H20Cl2F2N4O2. The van der Waals surface area contributed by atoms with Gasteiger partial charge in [-0.2, -0.15) is 0 Å². The number of fused-ring (bicyclic) bond motifs is 1. The molecule has 2 heterocycles. The molecule has 0 bridgehead atoms. The number of benzene rings is 1. The number of aromatic nitrogens is 2. The highest BCUT2D eigenvalue weighted by Crippen LogP contribution is 2.25. The first-order valence-corrected chi connectivity index (χ1v) is 7.62. The maximum atomic E-state index is 13.9. The minimum Gasteiger partial charge on any atom is -0.391 e. The Bertz CT molecular complexity index is 786. The summed E-state index contributed by atoms with van der Waals surface area (Å²) in [6.07, 6.45) is -0.447. The number of rotatable bonds is 3. The van der Waals surface area contributed by atoms with Gasteiger partial charge in [0.15, 0.2) is 0 Å². The lowest BCUT2D eigenvalue weighted by atomic mass is 10.1. The monoisotopic (exact) mass is 408 g/mol. The van der Waals surface area contributed by atoms with Gasteiger partial charge in [0.1, 0.15) is 23.5 Å². The number of carbonyl (C=O) groups excluding carboxylic acids is 1. The lowest BCUT2D eigenvalue weighted by Crippen LogP contribution is -2.50. The highest BCUT2D eigenvalue weighted by molar-refractivity contribution is 5.85. The largest absolute Gasteiger partial charge is 0.391 e. The van der Waals surface area contributed by atoms with Crippen molar-refractivity contribution in [1.82, 2.24) is 14.9 Å². The molecule has 1 amide bonds. The number of H-pyrrole nitrogens is 1. The van der Waals surface area contributed by atoms with E-state index in [1.165, 1.54) is 17.9 Å². The fourth-order valence-electron chi connectivity index (χ4n) is 2.71. The molecule has 6 nitrogen and oxygen atoms in total. The molecule has 3 rings (SSSR count). The molecule has 0 aliphatic carbocycles. The van der Waals surface area contributed by atoms with Crippen molar-refractivity contribution in [3.05, 3.63) is 41.2 Å².